The second-order valence-electron chi connectivity index (χ2n) is 5.02. The molecule has 0 saturated carbocycles. The summed E-state index contributed by atoms with van der Waals surface area (Å²) in [6.07, 6.45) is 5.14. The SMILES string of the molecule is CCCCCCOC(=O)CC(C)(C)C. The predicted molar refractivity (Wildman–Crippen MR) is 59.2 cm³/mol. The number of hydrogen-bond donors (Lipinski definition) is 0. The van der Waals surface area contributed by atoms with Gasteiger partial charge >= 0.3 is 5.97 Å². The van der Waals surface area contributed by atoms with Crippen LogP contribution in [0.3, 0.4) is 0 Å². The van der Waals surface area contributed by atoms with E-state index < -0.39 is 0 Å². The van der Waals surface area contributed by atoms with Crippen LogP contribution in [0, 0.1) is 5.41 Å². The molecule has 0 spiro atoms. The number of carbonyl (C=O) groups excluding carboxylic acids is 1. The third-order valence-electron chi connectivity index (χ3n) is 1.94. The highest BCUT2D eigenvalue weighted by molar-refractivity contribution is 5.70. The molecule has 84 valence electrons. The molecule has 0 aromatic carbocycles. The summed E-state index contributed by atoms with van der Waals surface area (Å²) in [5.74, 6) is -0.0611. The van der Waals surface area contributed by atoms with Crippen LogP contribution < -0.4 is 0 Å². The van der Waals surface area contributed by atoms with Gasteiger partial charge in [-0.25, -0.2) is 0 Å². The Hall–Kier alpha value is -0.530. The summed E-state index contributed by atoms with van der Waals surface area (Å²) in [7, 11) is 0. The Balaban J connectivity index is 3.36. The molecule has 0 unspecified atom stereocenters. The fraction of sp³-hybridized carbons (Fsp3) is 0.917. The summed E-state index contributed by atoms with van der Waals surface area (Å²) in [6.45, 7) is 8.91. The standard InChI is InChI=1S/C12H24O2/c1-5-6-7-8-9-14-11(13)10-12(2,3)4/h5-10H2,1-4H3. The van der Waals surface area contributed by atoms with Crippen molar-refractivity contribution in [2.75, 3.05) is 6.61 Å². The van der Waals surface area contributed by atoms with Crippen molar-refractivity contribution in [1.82, 2.24) is 0 Å². The Bertz CT molecular complexity index is 156. The highest BCUT2D eigenvalue weighted by atomic mass is 16.5. The minimum absolute atomic E-state index is 0.0422. The molecule has 0 aromatic rings. The molecular weight excluding hydrogens is 176 g/mol. The van der Waals surface area contributed by atoms with Gasteiger partial charge in [0.1, 0.15) is 0 Å². The van der Waals surface area contributed by atoms with Gasteiger partial charge < -0.3 is 4.74 Å². The zero-order valence-electron chi connectivity index (χ0n) is 10.1. The molecule has 0 fully saturated rings. The van der Waals surface area contributed by atoms with Crippen molar-refractivity contribution in [3.8, 4) is 0 Å². The first-order valence-corrected chi connectivity index (χ1v) is 5.61. The number of ether oxygens (including phenoxy) is 1. The van der Waals surface area contributed by atoms with E-state index in [9.17, 15) is 4.79 Å². The van der Waals surface area contributed by atoms with Gasteiger partial charge in [-0.2, -0.15) is 0 Å². The monoisotopic (exact) mass is 200 g/mol. The van der Waals surface area contributed by atoms with Crippen molar-refractivity contribution in [1.29, 1.82) is 0 Å². The smallest absolute Gasteiger partial charge is 0.306 e. The first kappa shape index (κ1) is 13.5. The molecule has 0 aromatic heterocycles. The third kappa shape index (κ3) is 9.56. The summed E-state index contributed by atoms with van der Waals surface area (Å²) in [4.78, 5) is 11.3. The second kappa shape index (κ2) is 6.86. The molecule has 0 aliphatic heterocycles. The van der Waals surface area contributed by atoms with E-state index in [1.807, 2.05) is 20.8 Å². The summed E-state index contributed by atoms with van der Waals surface area (Å²) < 4.78 is 5.13. The first-order valence-electron chi connectivity index (χ1n) is 5.61. The molecule has 14 heavy (non-hydrogen) atoms. The summed E-state index contributed by atoms with van der Waals surface area (Å²) >= 11 is 0. The van der Waals surface area contributed by atoms with Gasteiger partial charge in [-0.05, 0) is 11.8 Å². The molecule has 0 aliphatic carbocycles. The molecule has 0 N–H and O–H groups in total. The van der Waals surface area contributed by atoms with Crippen LogP contribution in [0.5, 0.6) is 0 Å². The fourth-order valence-corrected chi connectivity index (χ4v) is 1.20. The van der Waals surface area contributed by atoms with Gasteiger partial charge in [0.05, 0.1) is 13.0 Å². The molecule has 2 heteroatoms. The number of esters is 1. The fourth-order valence-electron chi connectivity index (χ4n) is 1.20. The lowest BCUT2D eigenvalue weighted by molar-refractivity contribution is -0.145. The van der Waals surface area contributed by atoms with Crippen molar-refractivity contribution in [2.24, 2.45) is 5.41 Å². The number of hydrogen-bond acceptors (Lipinski definition) is 2. The van der Waals surface area contributed by atoms with Gasteiger partial charge in [-0.1, -0.05) is 47.0 Å². The number of carbonyl (C=O) groups is 1. The van der Waals surface area contributed by atoms with Crippen molar-refractivity contribution >= 4 is 5.97 Å². The lowest BCUT2D eigenvalue weighted by atomic mass is 9.92. The van der Waals surface area contributed by atoms with Gasteiger partial charge in [0, 0.05) is 0 Å². The lowest BCUT2D eigenvalue weighted by Gasteiger charge is -2.16. The van der Waals surface area contributed by atoms with Crippen molar-refractivity contribution in [2.45, 2.75) is 59.8 Å². The largest absolute Gasteiger partial charge is 0.466 e. The average Bonchev–Trinajstić information content (AvgIpc) is 2.00. The molecule has 0 bridgehead atoms. The zero-order valence-corrected chi connectivity index (χ0v) is 10.1. The molecule has 0 radical (unpaired) electrons. The minimum atomic E-state index is -0.0611. The maximum Gasteiger partial charge on any atom is 0.306 e. The summed E-state index contributed by atoms with van der Waals surface area (Å²) in [5.41, 5.74) is 0.0422. The highest BCUT2D eigenvalue weighted by Crippen LogP contribution is 2.18. The van der Waals surface area contributed by atoms with Gasteiger partial charge in [0.25, 0.3) is 0 Å². The van der Waals surface area contributed by atoms with Crippen molar-refractivity contribution in [3.05, 3.63) is 0 Å². The van der Waals surface area contributed by atoms with E-state index in [1.54, 1.807) is 0 Å². The highest BCUT2D eigenvalue weighted by Gasteiger charge is 2.16. The molecule has 0 heterocycles. The van der Waals surface area contributed by atoms with Crippen molar-refractivity contribution in [3.63, 3.8) is 0 Å². The lowest BCUT2D eigenvalue weighted by Crippen LogP contribution is -2.15. The minimum Gasteiger partial charge on any atom is -0.466 e. The van der Waals surface area contributed by atoms with E-state index in [0.29, 0.717) is 13.0 Å². The molecule has 0 aliphatic rings. The Morgan fingerprint density at radius 1 is 1.14 bits per heavy atom. The number of unbranched alkanes of at least 4 members (excludes halogenated alkanes) is 3. The Kier molecular flexibility index (Phi) is 6.60. The van der Waals surface area contributed by atoms with Gasteiger partial charge in [0.15, 0.2) is 0 Å². The van der Waals surface area contributed by atoms with Crippen molar-refractivity contribution < 1.29 is 9.53 Å². The average molecular weight is 200 g/mol. The Labute approximate surface area is 88.0 Å². The molecule has 0 atom stereocenters. The normalized spacial score (nSPS) is 11.4. The van der Waals surface area contributed by atoms with Crippen LogP contribution in [0.1, 0.15) is 59.8 Å². The third-order valence-corrected chi connectivity index (χ3v) is 1.94. The number of rotatable bonds is 6. The molecule has 0 saturated heterocycles. The van der Waals surface area contributed by atoms with E-state index in [4.69, 9.17) is 4.74 Å². The zero-order chi connectivity index (χ0) is 11.0. The molecular formula is C12H24O2. The van der Waals surface area contributed by atoms with E-state index in [1.165, 1.54) is 19.3 Å². The predicted octanol–water partition coefficient (Wildman–Crippen LogP) is 3.55. The van der Waals surface area contributed by atoms with Crippen LogP contribution >= 0.6 is 0 Å². The molecule has 0 rings (SSSR count). The van der Waals surface area contributed by atoms with E-state index >= 15 is 0 Å². The van der Waals surface area contributed by atoms with Crippen LogP contribution in [-0.2, 0) is 9.53 Å². The topological polar surface area (TPSA) is 26.3 Å². The van der Waals surface area contributed by atoms with Gasteiger partial charge in [-0.15, -0.1) is 0 Å². The van der Waals surface area contributed by atoms with Crippen LogP contribution in [0.25, 0.3) is 0 Å². The Morgan fingerprint density at radius 2 is 1.79 bits per heavy atom. The maximum absolute atomic E-state index is 11.3. The van der Waals surface area contributed by atoms with E-state index in [0.717, 1.165) is 6.42 Å². The van der Waals surface area contributed by atoms with E-state index in [-0.39, 0.29) is 11.4 Å². The maximum atomic E-state index is 11.3. The van der Waals surface area contributed by atoms with Crippen LogP contribution in [-0.4, -0.2) is 12.6 Å². The van der Waals surface area contributed by atoms with Gasteiger partial charge in [0.2, 0.25) is 0 Å². The van der Waals surface area contributed by atoms with Crippen LogP contribution in [0.2, 0.25) is 0 Å². The van der Waals surface area contributed by atoms with Gasteiger partial charge in [-0.3, -0.25) is 4.79 Å². The first-order chi connectivity index (χ1) is 6.45. The molecule has 0 amide bonds. The quantitative estimate of drug-likeness (QED) is 0.484. The Morgan fingerprint density at radius 3 is 2.29 bits per heavy atom. The van der Waals surface area contributed by atoms with Crippen LogP contribution in [0.15, 0.2) is 0 Å². The molecule has 2 nitrogen and oxygen atoms in total. The second-order valence-corrected chi connectivity index (χ2v) is 5.02. The summed E-state index contributed by atoms with van der Waals surface area (Å²) in [5, 5.41) is 0. The van der Waals surface area contributed by atoms with E-state index in [2.05, 4.69) is 6.92 Å². The van der Waals surface area contributed by atoms with Crippen LogP contribution in [0.4, 0.5) is 0 Å². The summed E-state index contributed by atoms with van der Waals surface area (Å²) in [6, 6.07) is 0.